The zero-order valence-corrected chi connectivity index (χ0v) is 24.0. The van der Waals surface area contributed by atoms with Crippen LogP contribution in [0.25, 0.3) is 0 Å². The molecule has 1 N–H and O–H groups in total. The Kier molecular flexibility index (Phi) is 7.56. The zero-order chi connectivity index (χ0) is 28.7. The van der Waals surface area contributed by atoms with Gasteiger partial charge < -0.3 is 33.7 Å². The highest BCUT2D eigenvalue weighted by Gasteiger charge is 2.47. The van der Waals surface area contributed by atoms with Crippen molar-refractivity contribution in [2.45, 2.75) is 44.4 Å². The molecule has 6 rings (SSSR count). The minimum Gasteiger partial charge on any atom is -0.493 e. The number of likely N-dealkylation sites (tertiary alicyclic amines) is 1. The Morgan fingerprint density at radius 3 is 2.49 bits per heavy atom. The Morgan fingerprint density at radius 1 is 1.00 bits per heavy atom. The summed E-state index contributed by atoms with van der Waals surface area (Å²) in [4.78, 5) is 30.5. The summed E-state index contributed by atoms with van der Waals surface area (Å²) in [7, 11) is 6.65. The molecule has 11 nitrogen and oxygen atoms in total. The summed E-state index contributed by atoms with van der Waals surface area (Å²) < 4.78 is 34.9. The second-order valence-electron chi connectivity index (χ2n) is 10.8. The molecule has 0 spiro atoms. The van der Waals surface area contributed by atoms with Crippen molar-refractivity contribution in [1.29, 1.82) is 0 Å². The van der Waals surface area contributed by atoms with E-state index in [0.717, 1.165) is 42.6 Å². The van der Waals surface area contributed by atoms with Crippen molar-refractivity contribution in [3.63, 3.8) is 0 Å². The van der Waals surface area contributed by atoms with E-state index in [-0.39, 0.29) is 18.7 Å². The number of fused-ring (bicyclic) bond motifs is 3. The molecule has 0 aliphatic carbocycles. The number of methoxy groups -OCH3 is 3. The van der Waals surface area contributed by atoms with Gasteiger partial charge in [0.2, 0.25) is 18.4 Å². The number of hydrogen-bond donors (Lipinski definition) is 1. The van der Waals surface area contributed by atoms with Crippen molar-refractivity contribution in [3.8, 4) is 28.7 Å². The van der Waals surface area contributed by atoms with Crippen LogP contribution in [0.15, 0.2) is 12.1 Å². The number of nitrogens with one attached hydrogen (secondary N) is 1. The number of amides is 1. The maximum Gasteiger partial charge on any atom is 0.343 e. The smallest absolute Gasteiger partial charge is 0.343 e. The number of piperidine rings is 1. The third-order valence-electron chi connectivity index (χ3n) is 8.60. The highest BCUT2D eigenvalue weighted by Crippen LogP contribution is 2.56. The summed E-state index contributed by atoms with van der Waals surface area (Å²) in [6.45, 7) is 3.33. The number of benzene rings is 2. The summed E-state index contributed by atoms with van der Waals surface area (Å²) >= 11 is 0. The van der Waals surface area contributed by atoms with Gasteiger partial charge in [-0.05, 0) is 51.0 Å². The molecule has 1 fully saturated rings. The van der Waals surface area contributed by atoms with E-state index in [4.69, 9.17) is 28.4 Å². The van der Waals surface area contributed by atoms with Gasteiger partial charge in [-0.1, -0.05) is 12.5 Å². The van der Waals surface area contributed by atoms with E-state index in [1.54, 1.807) is 13.2 Å². The van der Waals surface area contributed by atoms with E-state index in [1.165, 1.54) is 20.6 Å². The number of rotatable bonds is 8. The third-order valence-corrected chi connectivity index (χ3v) is 8.60. The lowest BCUT2D eigenvalue weighted by atomic mass is 9.83. The van der Waals surface area contributed by atoms with E-state index in [2.05, 4.69) is 15.1 Å². The number of hydrogen-bond acceptors (Lipinski definition) is 10. The predicted molar refractivity (Wildman–Crippen MR) is 148 cm³/mol. The Morgan fingerprint density at radius 2 is 1.76 bits per heavy atom. The first-order chi connectivity index (χ1) is 20.0. The van der Waals surface area contributed by atoms with E-state index < -0.39 is 12.1 Å². The molecule has 0 aromatic heterocycles. The average molecular weight is 568 g/mol. The highest BCUT2D eigenvalue weighted by molar-refractivity contribution is 5.98. The monoisotopic (exact) mass is 567 g/mol. The summed E-state index contributed by atoms with van der Waals surface area (Å²) in [6.07, 6.45) is 3.54. The molecule has 0 unspecified atom stereocenters. The Bertz CT molecular complexity index is 1360. The lowest BCUT2D eigenvalue weighted by molar-refractivity contribution is -0.122. The zero-order valence-electron chi connectivity index (χ0n) is 24.0. The molecule has 0 saturated carbocycles. The standard InChI is InChI=1S/C30H37N3O8/c1-32-13-10-17-19(14-31-21(34)15-33-11-6-5-7-12-33)26-29(40-16-39-26)28(38-4)22(17)24(32)25-18-8-9-20(36-2)27(37-3)23(18)30(35)41-25/h8-9,24-25H,5-7,10-16H2,1-4H3,(H,31,34)/t24-,25+/m1/s1. The van der Waals surface area contributed by atoms with Gasteiger partial charge in [-0.15, -0.1) is 0 Å². The van der Waals surface area contributed by atoms with Gasteiger partial charge in [-0.25, -0.2) is 4.79 Å². The molecular weight excluding hydrogens is 530 g/mol. The van der Waals surface area contributed by atoms with E-state index in [9.17, 15) is 9.59 Å². The average Bonchev–Trinajstić information content (AvgIpc) is 3.60. The Labute approximate surface area is 239 Å². The topological polar surface area (TPSA) is 108 Å². The fraction of sp³-hybridized carbons (Fsp3) is 0.533. The highest BCUT2D eigenvalue weighted by atomic mass is 16.7. The van der Waals surface area contributed by atoms with Crippen molar-refractivity contribution < 1.29 is 38.0 Å². The van der Waals surface area contributed by atoms with Crippen LogP contribution in [0.2, 0.25) is 0 Å². The van der Waals surface area contributed by atoms with Crippen molar-refractivity contribution in [1.82, 2.24) is 15.1 Å². The van der Waals surface area contributed by atoms with Crippen LogP contribution >= 0.6 is 0 Å². The van der Waals surface area contributed by atoms with Gasteiger partial charge >= 0.3 is 5.97 Å². The molecule has 2 aromatic carbocycles. The second-order valence-corrected chi connectivity index (χ2v) is 10.8. The number of carbonyl (C=O) groups is 2. The normalized spacial score (nSPS) is 21.6. The van der Waals surface area contributed by atoms with E-state index >= 15 is 0 Å². The summed E-state index contributed by atoms with van der Waals surface area (Å²) in [5.41, 5.74) is 3.83. The quantitative estimate of drug-likeness (QED) is 0.479. The van der Waals surface area contributed by atoms with Crippen LogP contribution in [0.1, 0.15) is 64.0 Å². The van der Waals surface area contributed by atoms with Gasteiger partial charge in [0.1, 0.15) is 11.7 Å². The third kappa shape index (κ3) is 4.70. The minimum absolute atomic E-state index is 0.0201. The molecular formula is C30H37N3O8. The van der Waals surface area contributed by atoms with E-state index in [1.807, 2.05) is 13.1 Å². The molecule has 4 aliphatic rings. The number of carbonyl (C=O) groups excluding carboxylic acids is 2. The molecule has 41 heavy (non-hydrogen) atoms. The van der Waals surface area contributed by atoms with Gasteiger partial charge in [0.25, 0.3) is 0 Å². The maximum absolute atomic E-state index is 13.2. The molecule has 4 heterocycles. The summed E-state index contributed by atoms with van der Waals surface area (Å²) in [5, 5.41) is 3.12. The molecule has 1 amide bonds. The number of ether oxygens (including phenoxy) is 6. The summed E-state index contributed by atoms with van der Waals surface area (Å²) in [5.74, 6) is 1.98. The molecule has 2 atom stereocenters. The van der Waals surface area contributed by atoms with Gasteiger partial charge in [-0.3, -0.25) is 14.6 Å². The first-order valence-electron chi connectivity index (χ1n) is 14.1. The fourth-order valence-corrected chi connectivity index (χ4v) is 6.67. The Balaban J connectivity index is 1.39. The van der Waals surface area contributed by atoms with Crippen molar-refractivity contribution in [2.24, 2.45) is 0 Å². The van der Waals surface area contributed by atoms with Gasteiger partial charge in [-0.2, -0.15) is 0 Å². The first kappa shape index (κ1) is 27.5. The van der Waals surface area contributed by atoms with Crippen LogP contribution in [0.4, 0.5) is 0 Å². The molecule has 2 aromatic rings. The number of nitrogens with zero attached hydrogens (tertiary/aromatic N) is 2. The van der Waals surface area contributed by atoms with Crippen LogP contribution in [0, 0.1) is 0 Å². The molecule has 11 heteroatoms. The van der Waals surface area contributed by atoms with Crippen LogP contribution < -0.4 is 29.0 Å². The number of esters is 1. The van der Waals surface area contributed by atoms with Crippen LogP contribution in [0.3, 0.4) is 0 Å². The van der Waals surface area contributed by atoms with E-state index in [0.29, 0.717) is 65.9 Å². The van der Waals surface area contributed by atoms with Crippen LogP contribution in [0.5, 0.6) is 28.7 Å². The van der Waals surface area contributed by atoms with Crippen LogP contribution in [-0.4, -0.2) is 83.0 Å². The predicted octanol–water partition coefficient (Wildman–Crippen LogP) is 2.98. The second kappa shape index (κ2) is 11.3. The lowest BCUT2D eigenvalue weighted by Gasteiger charge is -2.39. The number of likely N-dealkylation sites (N-methyl/N-ethyl adjacent to an activating group) is 1. The van der Waals surface area contributed by atoms with Crippen molar-refractivity contribution >= 4 is 11.9 Å². The van der Waals surface area contributed by atoms with Gasteiger partial charge in [0.05, 0.1) is 33.9 Å². The molecule has 0 bridgehead atoms. The first-order valence-corrected chi connectivity index (χ1v) is 14.1. The maximum atomic E-state index is 13.2. The minimum atomic E-state index is -0.628. The molecule has 220 valence electrons. The summed E-state index contributed by atoms with van der Waals surface area (Å²) in [6, 6.07) is 3.26. The fourth-order valence-electron chi connectivity index (χ4n) is 6.67. The molecule has 1 saturated heterocycles. The van der Waals surface area contributed by atoms with Crippen molar-refractivity contribution in [2.75, 3.05) is 61.3 Å². The van der Waals surface area contributed by atoms with Gasteiger partial charge in [0, 0.05) is 29.8 Å². The molecule has 0 radical (unpaired) electrons. The van der Waals surface area contributed by atoms with Crippen molar-refractivity contribution in [3.05, 3.63) is 39.9 Å². The SMILES string of the molecule is COc1ccc2c(c1OC)C(=O)O[C@@H]2[C@H]1c2c(c(CNC(=O)CN3CCCCC3)c3c(c2OC)OCO3)CCN1C. The lowest BCUT2D eigenvalue weighted by Crippen LogP contribution is -2.40. The van der Waals surface area contributed by atoms with Crippen LogP contribution in [-0.2, 0) is 22.5 Å². The Hall–Kier alpha value is -3.70. The number of cyclic esters (lactones) is 1. The molecule has 4 aliphatic heterocycles. The largest absolute Gasteiger partial charge is 0.493 e. The van der Waals surface area contributed by atoms with Gasteiger partial charge in [0.15, 0.2) is 23.0 Å².